The van der Waals surface area contributed by atoms with Gasteiger partial charge in [-0.15, -0.1) is 0 Å². The number of allylic oxidation sites excluding steroid dienone is 4. The lowest BCUT2D eigenvalue weighted by atomic mass is 10.0. The van der Waals surface area contributed by atoms with Crippen LogP contribution in [0.5, 0.6) is 0 Å². The van der Waals surface area contributed by atoms with E-state index in [4.69, 9.17) is 9.98 Å². The average molecular weight is 906 g/mol. The molecule has 0 heterocycles. The number of aliphatic imine (C=N–C) groups is 2. The minimum absolute atomic E-state index is 0.956. The molecule has 66 heavy (non-hydrogen) atoms. The van der Waals surface area contributed by atoms with Crippen molar-refractivity contribution >= 4 is 23.3 Å². The summed E-state index contributed by atoms with van der Waals surface area (Å²) in [6, 6.07) is 17.5. The highest BCUT2D eigenvalue weighted by Gasteiger charge is 2.05. The minimum Gasteiger partial charge on any atom is -0.255 e. The average Bonchev–Trinajstić information content (AvgIpc) is 3.34. The van der Waals surface area contributed by atoms with E-state index in [1.54, 1.807) is 0 Å². The van der Waals surface area contributed by atoms with Crippen LogP contribution in [0.25, 0.3) is 0 Å². The summed E-state index contributed by atoms with van der Waals surface area (Å²) in [5, 5.41) is 0. The highest BCUT2D eigenvalue weighted by Crippen LogP contribution is 2.24. The van der Waals surface area contributed by atoms with E-state index in [-0.39, 0.29) is 0 Å². The largest absolute Gasteiger partial charge is 0.255 e. The van der Waals surface area contributed by atoms with Crippen LogP contribution in [0.15, 0.2) is 82.8 Å². The fourth-order valence-corrected chi connectivity index (χ4v) is 9.41. The third-order valence-electron chi connectivity index (χ3n) is 13.8. The van der Waals surface area contributed by atoms with Crippen LogP contribution in [0.3, 0.4) is 0 Å². The van der Waals surface area contributed by atoms with Crippen molar-refractivity contribution in [1.82, 2.24) is 0 Å². The molecule has 0 saturated heterocycles. The van der Waals surface area contributed by atoms with Crippen molar-refractivity contribution in [2.75, 3.05) is 0 Å². The van der Waals surface area contributed by atoms with Crippen molar-refractivity contribution in [2.24, 2.45) is 9.98 Å². The van der Waals surface area contributed by atoms with Gasteiger partial charge < -0.3 is 0 Å². The number of rotatable bonds is 48. The SMILES string of the molecule is CCCCCCCCCCCCCCCCCCCC=CCCc1ccccc1N=CC(CCCC)=Nc1ccccc1CCC=CCCCCCCCCCCCCCCCCCCC. The molecule has 2 aromatic carbocycles. The Morgan fingerprint density at radius 2 is 0.636 bits per heavy atom. The molecule has 0 amide bonds. The zero-order valence-corrected chi connectivity index (χ0v) is 44.3. The van der Waals surface area contributed by atoms with Crippen molar-refractivity contribution in [3.8, 4) is 0 Å². The van der Waals surface area contributed by atoms with E-state index in [0.717, 1.165) is 62.0 Å². The number of para-hydroxylation sites is 2. The number of hydrogen-bond donors (Lipinski definition) is 0. The lowest BCUT2D eigenvalue weighted by Crippen LogP contribution is -2.00. The fraction of sp³-hybridized carbons (Fsp3) is 0.719. The quantitative estimate of drug-likeness (QED) is 0.0359. The predicted molar refractivity (Wildman–Crippen MR) is 300 cm³/mol. The van der Waals surface area contributed by atoms with Gasteiger partial charge in [-0.1, -0.05) is 293 Å². The lowest BCUT2D eigenvalue weighted by molar-refractivity contribution is 0.527. The maximum atomic E-state index is 5.24. The molecule has 0 aliphatic rings. The Labute approximate surface area is 412 Å². The van der Waals surface area contributed by atoms with Gasteiger partial charge in [0.15, 0.2) is 0 Å². The van der Waals surface area contributed by atoms with Crippen LogP contribution in [0.4, 0.5) is 11.4 Å². The Morgan fingerprint density at radius 3 is 1.02 bits per heavy atom. The van der Waals surface area contributed by atoms with Crippen LogP contribution in [0, 0.1) is 0 Å². The number of benzene rings is 2. The summed E-state index contributed by atoms with van der Waals surface area (Å²) in [7, 11) is 0. The van der Waals surface area contributed by atoms with Crippen molar-refractivity contribution in [3.63, 3.8) is 0 Å². The zero-order chi connectivity index (χ0) is 46.9. The van der Waals surface area contributed by atoms with Gasteiger partial charge in [0.25, 0.3) is 0 Å². The Morgan fingerprint density at radius 1 is 0.333 bits per heavy atom. The van der Waals surface area contributed by atoms with Crippen molar-refractivity contribution in [2.45, 2.75) is 297 Å². The summed E-state index contributed by atoms with van der Waals surface area (Å²) in [5.74, 6) is 0. The molecule has 0 saturated carbocycles. The molecular weight excluding hydrogens is 797 g/mol. The normalized spacial score (nSPS) is 12.3. The first-order valence-corrected chi connectivity index (χ1v) is 29.4. The van der Waals surface area contributed by atoms with E-state index < -0.39 is 0 Å². The van der Waals surface area contributed by atoms with Crippen LogP contribution < -0.4 is 0 Å². The molecule has 0 spiro atoms. The summed E-state index contributed by atoms with van der Waals surface area (Å²) in [5.41, 5.74) is 5.94. The topological polar surface area (TPSA) is 24.7 Å². The molecule has 2 aromatic rings. The smallest absolute Gasteiger partial charge is 0.0665 e. The Kier molecular flexibility index (Phi) is 42.6. The van der Waals surface area contributed by atoms with Crippen LogP contribution in [0.2, 0.25) is 0 Å². The number of unbranched alkanes of at least 4 members (excludes halogenated alkanes) is 35. The highest BCUT2D eigenvalue weighted by atomic mass is 14.8. The monoisotopic (exact) mass is 905 g/mol. The third kappa shape index (κ3) is 36.3. The highest BCUT2D eigenvalue weighted by molar-refractivity contribution is 6.31. The first-order chi connectivity index (χ1) is 32.8. The first kappa shape index (κ1) is 59.4. The second-order valence-corrected chi connectivity index (χ2v) is 20.1. The molecule has 0 atom stereocenters. The second kappa shape index (κ2) is 47.3. The molecule has 2 heteroatoms. The van der Waals surface area contributed by atoms with Crippen LogP contribution >= 0.6 is 0 Å². The molecule has 2 nitrogen and oxygen atoms in total. The Bertz CT molecular complexity index is 1450. The van der Waals surface area contributed by atoms with Crippen LogP contribution in [-0.4, -0.2) is 11.9 Å². The van der Waals surface area contributed by atoms with Crippen molar-refractivity contribution < 1.29 is 0 Å². The van der Waals surface area contributed by atoms with Crippen molar-refractivity contribution in [3.05, 3.63) is 84.0 Å². The standard InChI is InChI=1S/C64H108N2/c1-4-7-10-12-14-16-18-20-22-24-26-28-30-32-34-36-38-40-42-44-46-52-60-54-48-50-57-63(60)65-59-62(56-9-6-3)66-64-58-51-49-55-61(64)53-47-45-43-41-39-37-35-33-31-29-27-25-23-21-19-17-15-13-11-8-5-2/h42-45,48-51,54-55,57-59H,4-41,46-47,52-53,56H2,1-3H3. The van der Waals surface area contributed by atoms with Gasteiger partial charge in [-0.2, -0.15) is 0 Å². The van der Waals surface area contributed by atoms with Gasteiger partial charge in [0.1, 0.15) is 0 Å². The predicted octanol–water partition coefficient (Wildman–Crippen LogP) is 22.4. The number of nitrogens with zero attached hydrogens (tertiary/aromatic N) is 2. The van der Waals surface area contributed by atoms with E-state index in [1.165, 1.54) is 242 Å². The maximum absolute atomic E-state index is 5.24. The Hall–Kier alpha value is -2.74. The molecule has 0 bridgehead atoms. The van der Waals surface area contributed by atoms with Crippen molar-refractivity contribution in [1.29, 1.82) is 0 Å². The third-order valence-corrected chi connectivity index (χ3v) is 13.8. The van der Waals surface area contributed by atoms with Gasteiger partial charge in [-0.3, -0.25) is 9.98 Å². The molecule has 0 radical (unpaired) electrons. The van der Waals surface area contributed by atoms with Gasteiger partial charge in [-0.05, 0) is 87.5 Å². The van der Waals surface area contributed by atoms with Gasteiger partial charge >= 0.3 is 0 Å². The minimum atomic E-state index is 0.956. The first-order valence-electron chi connectivity index (χ1n) is 29.4. The van der Waals surface area contributed by atoms with Gasteiger partial charge in [0.05, 0.1) is 17.1 Å². The molecule has 0 fully saturated rings. The number of aryl methyl sites for hydroxylation is 2. The zero-order valence-electron chi connectivity index (χ0n) is 44.3. The second-order valence-electron chi connectivity index (χ2n) is 20.1. The lowest BCUT2D eigenvalue weighted by Gasteiger charge is -2.07. The number of hydrogen-bond acceptors (Lipinski definition) is 2. The summed E-state index contributed by atoms with van der Waals surface area (Å²) < 4.78 is 0. The van der Waals surface area contributed by atoms with Gasteiger partial charge in [0, 0.05) is 6.21 Å². The molecule has 0 N–H and O–H groups in total. The molecule has 0 aliphatic carbocycles. The maximum Gasteiger partial charge on any atom is 0.0665 e. The van der Waals surface area contributed by atoms with Crippen LogP contribution in [-0.2, 0) is 12.8 Å². The summed E-state index contributed by atoms with van der Waals surface area (Å²) in [6.45, 7) is 6.87. The van der Waals surface area contributed by atoms with E-state index in [0.29, 0.717) is 0 Å². The molecule has 0 aromatic heterocycles. The molecular formula is C64H108N2. The molecule has 374 valence electrons. The van der Waals surface area contributed by atoms with Crippen LogP contribution in [0.1, 0.15) is 295 Å². The molecule has 2 rings (SSSR count). The summed E-state index contributed by atoms with van der Waals surface area (Å²) in [6.07, 6.45) is 70.3. The summed E-state index contributed by atoms with van der Waals surface area (Å²) >= 11 is 0. The molecule has 0 aliphatic heterocycles. The molecule has 0 unspecified atom stereocenters. The van der Waals surface area contributed by atoms with Gasteiger partial charge in [-0.25, -0.2) is 0 Å². The Balaban J connectivity index is 1.60. The summed E-state index contributed by atoms with van der Waals surface area (Å²) in [4.78, 5) is 10.3. The fourth-order valence-electron chi connectivity index (χ4n) is 9.41. The van der Waals surface area contributed by atoms with E-state index in [2.05, 4.69) is 99.8 Å². The van der Waals surface area contributed by atoms with E-state index in [9.17, 15) is 0 Å². The van der Waals surface area contributed by atoms with E-state index in [1.807, 2.05) is 0 Å². The van der Waals surface area contributed by atoms with E-state index >= 15 is 0 Å². The van der Waals surface area contributed by atoms with Gasteiger partial charge in [0.2, 0.25) is 0 Å².